The van der Waals surface area contributed by atoms with Gasteiger partial charge in [0, 0.05) is 12.3 Å². The zero-order valence-corrected chi connectivity index (χ0v) is 21.9. The highest BCUT2D eigenvalue weighted by atomic mass is 16.5. The number of ether oxygens (including phenoxy) is 1. The Kier molecular flexibility index (Phi) is 10.5. The van der Waals surface area contributed by atoms with Crippen LogP contribution >= 0.6 is 0 Å². The molecule has 0 aliphatic heterocycles. The van der Waals surface area contributed by atoms with Gasteiger partial charge in [-0.2, -0.15) is 0 Å². The van der Waals surface area contributed by atoms with E-state index in [4.69, 9.17) is 16.2 Å². The lowest BCUT2D eigenvalue weighted by Gasteiger charge is -2.44. The quantitative estimate of drug-likeness (QED) is 0.186. The number of ketones is 1. The number of aliphatic imine (C=N–C) groups is 1. The normalized spacial score (nSPS) is 27.9. The van der Waals surface area contributed by atoms with Gasteiger partial charge in [-0.1, -0.05) is 39.0 Å². The Morgan fingerprint density at radius 3 is 2.54 bits per heavy atom. The number of carbonyl (C=O) groups excluding carboxylic acids is 2. The van der Waals surface area contributed by atoms with Crippen LogP contribution in [0.3, 0.4) is 0 Å². The molecule has 8 nitrogen and oxygen atoms in total. The van der Waals surface area contributed by atoms with E-state index in [2.05, 4.69) is 37.1 Å². The van der Waals surface area contributed by atoms with Crippen molar-refractivity contribution in [3.05, 3.63) is 23.8 Å². The Bertz CT molecular complexity index is 831. The van der Waals surface area contributed by atoms with Gasteiger partial charge in [-0.25, -0.2) is 4.99 Å². The second kappa shape index (κ2) is 12.7. The first-order valence-electron chi connectivity index (χ1n) is 12.9. The second-order valence-electron chi connectivity index (χ2n) is 11.1. The van der Waals surface area contributed by atoms with Crippen LogP contribution in [0.5, 0.6) is 0 Å². The number of hydrogen-bond donors (Lipinski definition) is 4. The van der Waals surface area contributed by atoms with Crippen LogP contribution in [0.4, 0.5) is 0 Å². The smallest absolute Gasteiger partial charge is 0.311 e. The van der Waals surface area contributed by atoms with Gasteiger partial charge in [0.25, 0.3) is 0 Å². The summed E-state index contributed by atoms with van der Waals surface area (Å²) in [5.74, 6) is 0.265. The van der Waals surface area contributed by atoms with Crippen molar-refractivity contribution >= 4 is 17.7 Å². The Hall–Kier alpha value is -2.19. The molecule has 0 aromatic rings. The first-order valence-corrected chi connectivity index (χ1v) is 12.9. The maximum absolute atomic E-state index is 12.9. The largest absolute Gasteiger partial charge is 0.461 e. The third-order valence-corrected chi connectivity index (χ3v) is 7.57. The maximum atomic E-state index is 12.9. The van der Waals surface area contributed by atoms with Crippen LogP contribution in [0.25, 0.3) is 0 Å². The molecule has 6 N–H and O–H groups in total. The van der Waals surface area contributed by atoms with Crippen LogP contribution in [0.1, 0.15) is 73.1 Å². The Morgan fingerprint density at radius 2 is 1.91 bits per heavy atom. The molecule has 35 heavy (non-hydrogen) atoms. The third kappa shape index (κ3) is 8.46. The van der Waals surface area contributed by atoms with E-state index in [9.17, 15) is 19.8 Å². The van der Waals surface area contributed by atoms with Gasteiger partial charge >= 0.3 is 5.97 Å². The lowest BCUT2D eigenvalue weighted by Crippen LogP contribution is -2.43. The lowest BCUT2D eigenvalue weighted by molar-refractivity contribution is -0.164. The summed E-state index contributed by atoms with van der Waals surface area (Å²) in [7, 11) is 0. The van der Waals surface area contributed by atoms with E-state index >= 15 is 0 Å². The fourth-order valence-corrected chi connectivity index (χ4v) is 5.07. The van der Waals surface area contributed by atoms with E-state index in [0.717, 1.165) is 12.8 Å². The predicted octanol–water partition coefficient (Wildman–Crippen LogP) is 2.86. The van der Waals surface area contributed by atoms with Gasteiger partial charge in [-0.05, 0) is 69.3 Å². The molecule has 0 spiro atoms. The number of nitrogens with zero attached hydrogens (tertiary/aromatic N) is 1. The van der Waals surface area contributed by atoms with Gasteiger partial charge in [0.2, 0.25) is 0 Å². The number of carbonyl (C=O) groups is 2. The Morgan fingerprint density at radius 1 is 1.23 bits per heavy atom. The number of Topliss-reactive ketones (excluding diaryl/α,β-unsaturated/α-hetero) is 1. The summed E-state index contributed by atoms with van der Waals surface area (Å²) >= 11 is 0. The molecular formula is C27H45N3O5. The van der Waals surface area contributed by atoms with E-state index in [0.29, 0.717) is 18.8 Å². The van der Waals surface area contributed by atoms with Crippen molar-refractivity contribution in [1.29, 1.82) is 0 Å². The van der Waals surface area contributed by atoms with Crippen LogP contribution in [0.15, 0.2) is 28.8 Å². The van der Waals surface area contributed by atoms with Crippen molar-refractivity contribution in [3.8, 4) is 0 Å². The molecule has 0 heterocycles. The van der Waals surface area contributed by atoms with Crippen molar-refractivity contribution in [2.75, 3.05) is 6.54 Å². The molecule has 0 fully saturated rings. The molecule has 0 unspecified atom stereocenters. The topological polar surface area (TPSA) is 148 Å². The van der Waals surface area contributed by atoms with E-state index in [1.807, 2.05) is 20.8 Å². The lowest BCUT2D eigenvalue weighted by atomic mass is 9.65. The maximum Gasteiger partial charge on any atom is 0.311 e. The number of aliphatic hydroxyl groups excluding tert-OH is 2. The highest BCUT2D eigenvalue weighted by Crippen LogP contribution is 2.45. The molecule has 8 heteroatoms. The van der Waals surface area contributed by atoms with E-state index in [1.165, 1.54) is 5.57 Å². The zero-order chi connectivity index (χ0) is 26.3. The average molecular weight is 492 g/mol. The number of nitrogens with two attached hydrogens (primary N) is 2. The molecule has 2 aliphatic rings. The summed E-state index contributed by atoms with van der Waals surface area (Å²) in [5, 5.41) is 20.8. The standard InChI is InChI=1S/C27H45N3O5/c1-6-27(4,5)25(34)35-23-12-16(2)11-18-8-7-17(3)22(24(18)23)10-9-19(31)13-20(32)14-21(33)15-30-26(28)29/h7-8,11,16-17,19-20,22-24,31-32H,6,9-10,12-15H2,1-5H3,(H4,28,29,30)/t16-,17-,19+,20+,22-,23-,24-/m0/s1. The molecular weight excluding hydrogens is 446 g/mol. The molecule has 0 radical (unpaired) electrons. The number of fused-ring (bicyclic) bond motifs is 1. The number of guanidine groups is 1. The highest BCUT2D eigenvalue weighted by Gasteiger charge is 2.42. The van der Waals surface area contributed by atoms with Crippen molar-refractivity contribution in [3.63, 3.8) is 0 Å². The van der Waals surface area contributed by atoms with Crippen molar-refractivity contribution < 1.29 is 24.5 Å². The molecule has 0 saturated carbocycles. The summed E-state index contributed by atoms with van der Waals surface area (Å²) < 4.78 is 6.14. The molecule has 0 aromatic carbocycles. The minimum atomic E-state index is -0.952. The van der Waals surface area contributed by atoms with Crippen LogP contribution in [-0.2, 0) is 14.3 Å². The monoisotopic (exact) mass is 491 g/mol. The fourth-order valence-electron chi connectivity index (χ4n) is 5.07. The number of hydrogen-bond acceptors (Lipinski definition) is 6. The highest BCUT2D eigenvalue weighted by molar-refractivity contribution is 5.84. The number of aliphatic hydroxyl groups is 2. The van der Waals surface area contributed by atoms with Gasteiger partial charge in [0.15, 0.2) is 11.7 Å². The fraction of sp³-hybridized carbons (Fsp3) is 0.741. The van der Waals surface area contributed by atoms with Gasteiger partial charge < -0.3 is 26.4 Å². The summed E-state index contributed by atoms with van der Waals surface area (Å²) in [6.45, 7) is 9.97. The zero-order valence-electron chi connectivity index (χ0n) is 21.9. The van der Waals surface area contributed by atoms with E-state index < -0.39 is 17.6 Å². The Labute approximate surface area is 209 Å². The van der Waals surface area contributed by atoms with Crippen LogP contribution in [-0.4, -0.2) is 52.8 Å². The molecule has 0 aromatic heterocycles. The molecule has 0 bridgehead atoms. The summed E-state index contributed by atoms with van der Waals surface area (Å²) in [5.41, 5.74) is 11.1. The van der Waals surface area contributed by atoms with Crippen LogP contribution in [0, 0.1) is 29.1 Å². The van der Waals surface area contributed by atoms with E-state index in [1.54, 1.807) is 0 Å². The summed E-state index contributed by atoms with van der Waals surface area (Å²) in [4.78, 5) is 28.4. The minimum absolute atomic E-state index is 0.0843. The number of rotatable bonds is 12. The summed E-state index contributed by atoms with van der Waals surface area (Å²) in [6.07, 6.45) is 7.46. The molecule has 0 saturated heterocycles. The van der Waals surface area contributed by atoms with Crippen molar-refractivity contribution in [2.45, 2.75) is 91.5 Å². The first kappa shape index (κ1) is 29.0. The van der Waals surface area contributed by atoms with Crippen LogP contribution in [0.2, 0.25) is 0 Å². The molecule has 198 valence electrons. The number of esters is 1. The van der Waals surface area contributed by atoms with Gasteiger partial charge in [0.05, 0.1) is 17.6 Å². The Balaban J connectivity index is 2.03. The minimum Gasteiger partial charge on any atom is -0.461 e. The van der Waals surface area contributed by atoms with Crippen LogP contribution < -0.4 is 11.5 Å². The van der Waals surface area contributed by atoms with Crippen molar-refractivity contribution in [2.24, 2.45) is 45.5 Å². The molecule has 2 aliphatic carbocycles. The SMILES string of the molecule is CCC(C)(C)C(=O)O[C@H]1C[C@@H](C)C=C2C=C[C@H](C)[C@H](CC[C@@H](O)C[C@@H](O)CC(=O)CN=C(N)N)[C@H]21. The van der Waals surface area contributed by atoms with Gasteiger partial charge in [-0.15, -0.1) is 0 Å². The molecule has 0 amide bonds. The summed E-state index contributed by atoms with van der Waals surface area (Å²) in [6, 6.07) is 0. The average Bonchev–Trinajstić information content (AvgIpc) is 2.76. The molecule has 2 rings (SSSR count). The number of allylic oxidation sites excluding steroid dienone is 3. The second-order valence-corrected chi connectivity index (χ2v) is 11.1. The predicted molar refractivity (Wildman–Crippen MR) is 137 cm³/mol. The van der Waals surface area contributed by atoms with Gasteiger partial charge in [-0.3, -0.25) is 9.59 Å². The van der Waals surface area contributed by atoms with E-state index in [-0.39, 0.29) is 61.0 Å². The van der Waals surface area contributed by atoms with Gasteiger partial charge in [0.1, 0.15) is 12.6 Å². The van der Waals surface area contributed by atoms with Crippen molar-refractivity contribution in [1.82, 2.24) is 0 Å². The third-order valence-electron chi connectivity index (χ3n) is 7.57. The first-order chi connectivity index (χ1) is 16.3. The molecule has 7 atom stereocenters.